The number of hydrogen-bond donors (Lipinski definition) is 2. The van der Waals surface area contributed by atoms with Gasteiger partial charge in [-0.25, -0.2) is 4.79 Å². The Balaban J connectivity index is 1.94. The normalized spacial score (nSPS) is 19.5. The first-order chi connectivity index (χ1) is 12.3. The second kappa shape index (κ2) is 6.95. The van der Waals surface area contributed by atoms with Crippen LogP contribution in [0.1, 0.15) is 31.9 Å². The molecule has 138 valence electrons. The zero-order valence-electron chi connectivity index (χ0n) is 14.4. The van der Waals surface area contributed by atoms with Crippen LogP contribution in [0.5, 0.6) is 0 Å². The summed E-state index contributed by atoms with van der Waals surface area (Å²) in [4.78, 5) is 37.1. The number of carbonyl (C=O) groups excluding carboxylic acids is 2. The summed E-state index contributed by atoms with van der Waals surface area (Å²) in [6, 6.07) is 3.10. The number of nitrogens with zero attached hydrogens (tertiary/aromatic N) is 2. The highest BCUT2D eigenvalue weighted by molar-refractivity contribution is 6.32. The van der Waals surface area contributed by atoms with Crippen LogP contribution in [-0.4, -0.2) is 34.9 Å². The monoisotopic (exact) mass is 378 g/mol. The van der Waals surface area contributed by atoms with Gasteiger partial charge in [-0.2, -0.15) is 0 Å². The maximum Gasteiger partial charge on any atom is 0.319 e. The van der Waals surface area contributed by atoms with Crippen molar-refractivity contribution in [1.29, 1.82) is 0 Å². The first-order valence-corrected chi connectivity index (χ1v) is 8.69. The van der Waals surface area contributed by atoms with Crippen LogP contribution in [-0.2, 0) is 4.79 Å². The fourth-order valence-corrected chi connectivity index (χ4v) is 3.31. The number of rotatable bonds is 5. The van der Waals surface area contributed by atoms with Gasteiger partial charge < -0.3 is 15.5 Å². The third-order valence-corrected chi connectivity index (χ3v) is 4.82. The summed E-state index contributed by atoms with van der Waals surface area (Å²) in [5, 5.41) is 16.5. The van der Waals surface area contributed by atoms with Crippen LogP contribution in [0.25, 0.3) is 0 Å². The van der Waals surface area contributed by atoms with E-state index in [4.69, 9.17) is 11.6 Å². The van der Waals surface area contributed by atoms with Crippen molar-refractivity contribution in [2.45, 2.75) is 26.3 Å². The lowest BCUT2D eigenvalue weighted by Gasteiger charge is -2.25. The van der Waals surface area contributed by atoms with E-state index in [2.05, 4.69) is 24.5 Å². The van der Waals surface area contributed by atoms with Crippen LogP contribution in [0, 0.1) is 16.0 Å². The fraction of sp³-hybridized carbons (Fsp3) is 0.412. The fourth-order valence-electron chi connectivity index (χ4n) is 3.12. The van der Waals surface area contributed by atoms with Gasteiger partial charge in [-0.15, -0.1) is 0 Å². The van der Waals surface area contributed by atoms with Crippen LogP contribution in [0.15, 0.2) is 29.5 Å². The number of hydrogen-bond acceptors (Lipinski definition) is 4. The molecular formula is C17H19ClN4O4. The molecule has 0 fully saturated rings. The molecule has 0 saturated heterocycles. The molecule has 1 aromatic carbocycles. The van der Waals surface area contributed by atoms with Crippen LogP contribution in [0.3, 0.4) is 0 Å². The van der Waals surface area contributed by atoms with Gasteiger partial charge in [0.2, 0.25) is 0 Å². The van der Waals surface area contributed by atoms with Crippen molar-refractivity contribution >= 4 is 29.2 Å². The summed E-state index contributed by atoms with van der Waals surface area (Å²) < 4.78 is 0. The summed E-state index contributed by atoms with van der Waals surface area (Å²) in [5.74, 6) is 0.276. The average Bonchev–Trinajstić information content (AvgIpc) is 2.88. The van der Waals surface area contributed by atoms with Crippen LogP contribution < -0.4 is 10.6 Å². The Morgan fingerprint density at radius 1 is 1.38 bits per heavy atom. The van der Waals surface area contributed by atoms with Gasteiger partial charge in [0.25, 0.3) is 11.6 Å². The number of amides is 3. The molecule has 1 aromatic rings. The van der Waals surface area contributed by atoms with Crippen molar-refractivity contribution in [3.05, 3.63) is 50.2 Å². The van der Waals surface area contributed by atoms with Gasteiger partial charge >= 0.3 is 6.03 Å². The van der Waals surface area contributed by atoms with Crippen LogP contribution in [0.2, 0.25) is 5.02 Å². The van der Waals surface area contributed by atoms with E-state index in [-0.39, 0.29) is 16.6 Å². The summed E-state index contributed by atoms with van der Waals surface area (Å²) >= 11 is 5.86. The van der Waals surface area contributed by atoms with E-state index in [1.54, 1.807) is 11.0 Å². The molecule has 8 nitrogen and oxygen atoms in total. The van der Waals surface area contributed by atoms with Gasteiger partial charge in [0.1, 0.15) is 5.02 Å². The molecule has 2 N–H and O–H groups in total. The van der Waals surface area contributed by atoms with E-state index in [1.807, 2.05) is 0 Å². The van der Waals surface area contributed by atoms with E-state index < -0.39 is 17.0 Å². The van der Waals surface area contributed by atoms with Crippen molar-refractivity contribution in [2.75, 3.05) is 13.1 Å². The van der Waals surface area contributed by atoms with Gasteiger partial charge in [-0.05, 0) is 24.0 Å². The van der Waals surface area contributed by atoms with Crippen molar-refractivity contribution in [1.82, 2.24) is 15.5 Å². The molecule has 0 radical (unpaired) electrons. The lowest BCUT2D eigenvalue weighted by atomic mass is 9.96. The van der Waals surface area contributed by atoms with Gasteiger partial charge in [-0.3, -0.25) is 14.9 Å². The third kappa shape index (κ3) is 3.37. The summed E-state index contributed by atoms with van der Waals surface area (Å²) in [5.41, 5.74) is 1.15. The predicted molar refractivity (Wildman–Crippen MR) is 95.6 cm³/mol. The number of nitro groups is 1. The molecule has 0 aliphatic carbocycles. The SMILES string of the molecule is CC(C)CCN1CC2=C(C1=O)[C@H](c1ccc(Cl)c([N+](=O)[O-])c1)NC(=O)N2. The number of nitrogens with one attached hydrogen (secondary N) is 2. The lowest BCUT2D eigenvalue weighted by Crippen LogP contribution is -2.44. The zero-order chi connectivity index (χ0) is 19.0. The maximum atomic E-state index is 12.8. The van der Waals surface area contributed by atoms with Gasteiger partial charge in [-0.1, -0.05) is 31.5 Å². The Morgan fingerprint density at radius 3 is 2.77 bits per heavy atom. The minimum absolute atomic E-state index is 0.00419. The first-order valence-electron chi connectivity index (χ1n) is 8.31. The molecule has 0 aromatic heterocycles. The molecule has 1 atom stereocenters. The third-order valence-electron chi connectivity index (χ3n) is 4.50. The van der Waals surface area contributed by atoms with E-state index in [1.165, 1.54) is 12.1 Å². The zero-order valence-corrected chi connectivity index (χ0v) is 15.2. The minimum atomic E-state index is -0.744. The quantitative estimate of drug-likeness (QED) is 0.607. The highest BCUT2D eigenvalue weighted by atomic mass is 35.5. The Labute approximate surface area is 155 Å². The highest BCUT2D eigenvalue weighted by Gasteiger charge is 2.40. The molecule has 2 aliphatic heterocycles. The molecule has 0 spiro atoms. The number of benzene rings is 1. The van der Waals surface area contributed by atoms with Gasteiger partial charge in [0.05, 0.1) is 28.8 Å². The number of halogens is 1. The standard InChI is InChI=1S/C17H19ClN4O4/c1-9(2)5-6-21-8-12-14(16(21)23)15(20-17(24)19-12)10-3-4-11(18)13(7-10)22(25)26/h3-4,7,9,15H,5-6,8H2,1-2H3,(H2,19,20,24)/t15-/m0/s1. The smallest absolute Gasteiger partial charge is 0.319 e. The topological polar surface area (TPSA) is 105 Å². The molecule has 2 aliphatic rings. The van der Waals surface area contributed by atoms with Gasteiger partial charge in [0.15, 0.2) is 0 Å². The lowest BCUT2D eigenvalue weighted by molar-refractivity contribution is -0.384. The van der Waals surface area contributed by atoms with E-state index >= 15 is 0 Å². The van der Waals surface area contributed by atoms with E-state index in [0.717, 1.165) is 6.42 Å². The Kier molecular flexibility index (Phi) is 4.86. The number of nitro benzene ring substituents is 1. The summed E-state index contributed by atoms with van der Waals surface area (Å²) in [6.07, 6.45) is 0.852. The Hall–Kier alpha value is -2.61. The largest absolute Gasteiger partial charge is 0.333 e. The molecule has 0 bridgehead atoms. The number of carbonyl (C=O) groups is 2. The van der Waals surface area contributed by atoms with Gasteiger partial charge in [0, 0.05) is 12.6 Å². The Morgan fingerprint density at radius 2 is 2.12 bits per heavy atom. The van der Waals surface area contributed by atoms with Crippen LogP contribution in [0.4, 0.5) is 10.5 Å². The van der Waals surface area contributed by atoms with Crippen molar-refractivity contribution < 1.29 is 14.5 Å². The summed E-state index contributed by atoms with van der Waals surface area (Å²) in [7, 11) is 0. The number of urea groups is 1. The minimum Gasteiger partial charge on any atom is -0.333 e. The molecule has 9 heteroatoms. The molecule has 0 unspecified atom stereocenters. The van der Waals surface area contributed by atoms with E-state index in [9.17, 15) is 19.7 Å². The van der Waals surface area contributed by atoms with Crippen LogP contribution >= 0.6 is 11.6 Å². The second-order valence-electron chi connectivity index (χ2n) is 6.80. The van der Waals surface area contributed by atoms with Crippen molar-refractivity contribution in [2.24, 2.45) is 5.92 Å². The Bertz CT molecular complexity index is 821. The average molecular weight is 379 g/mol. The summed E-state index contributed by atoms with van der Waals surface area (Å²) in [6.45, 7) is 5.08. The molecule has 0 saturated carbocycles. The molecule has 3 rings (SSSR count). The molecule has 3 amide bonds. The molecule has 26 heavy (non-hydrogen) atoms. The maximum absolute atomic E-state index is 12.8. The highest BCUT2D eigenvalue weighted by Crippen LogP contribution is 2.35. The molecule has 2 heterocycles. The van der Waals surface area contributed by atoms with Crippen molar-refractivity contribution in [3.8, 4) is 0 Å². The first kappa shape index (κ1) is 18.2. The van der Waals surface area contributed by atoms with Crippen molar-refractivity contribution in [3.63, 3.8) is 0 Å². The van der Waals surface area contributed by atoms with E-state index in [0.29, 0.717) is 35.8 Å². The molecular weight excluding hydrogens is 360 g/mol. The second-order valence-corrected chi connectivity index (χ2v) is 7.21. The predicted octanol–water partition coefficient (Wildman–Crippen LogP) is 2.74.